The first kappa shape index (κ1) is 23.7. The van der Waals surface area contributed by atoms with Gasteiger partial charge in [0.2, 0.25) is 24.2 Å². The van der Waals surface area contributed by atoms with Crippen LogP contribution in [0.15, 0.2) is 86.5 Å². The van der Waals surface area contributed by atoms with E-state index in [9.17, 15) is 21.2 Å². The first-order valence-corrected chi connectivity index (χ1v) is 14.2. The maximum atomic E-state index is 13.5. The van der Waals surface area contributed by atoms with Crippen molar-refractivity contribution in [1.29, 1.82) is 0 Å². The summed E-state index contributed by atoms with van der Waals surface area (Å²) in [5.74, 6) is -0.661. The lowest BCUT2D eigenvalue weighted by molar-refractivity contribution is 0.594. The molecule has 0 aliphatic carbocycles. The Bertz CT molecular complexity index is 1520. The Balaban J connectivity index is 1.81. The second-order valence-electron chi connectivity index (χ2n) is 7.12. The van der Waals surface area contributed by atoms with Gasteiger partial charge in [-0.15, -0.1) is 11.3 Å². The van der Waals surface area contributed by atoms with Crippen molar-refractivity contribution in [2.45, 2.75) is 15.0 Å². The molecular weight excluding hydrogens is 551 g/mol. The van der Waals surface area contributed by atoms with E-state index in [1.165, 1.54) is 48.5 Å². The summed E-state index contributed by atoms with van der Waals surface area (Å²) < 4.78 is 63.6. The maximum absolute atomic E-state index is 13.5. The molecule has 0 saturated heterocycles. The zero-order valence-electron chi connectivity index (χ0n) is 16.8. The van der Waals surface area contributed by atoms with E-state index in [0.29, 0.717) is 27.3 Å². The van der Waals surface area contributed by atoms with Crippen molar-refractivity contribution in [3.05, 3.63) is 88.6 Å². The number of hydrogen-bond acceptors (Lipinski definition) is 6. The number of nitrogens with two attached hydrogens (primary N) is 1. The van der Waals surface area contributed by atoms with Gasteiger partial charge < -0.3 is 0 Å². The predicted molar refractivity (Wildman–Crippen MR) is 129 cm³/mol. The Hall–Kier alpha value is -2.44. The Kier molecular flexibility index (Phi) is 6.52. The zero-order valence-corrected chi connectivity index (χ0v) is 20.8. The Morgan fingerprint density at radius 2 is 1.42 bits per heavy atom. The Morgan fingerprint density at radius 3 is 2.00 bits per heavy atom. The molecular formula is C22H16BrFN2O4S3. The maximum Gasteiger partial charge on any atom is 0.238 e. The van der Waals surface area contributed by atoms with Crippen molar-refractivity contribution >= 4 is 47.1 Å². The lowest BCUT2D eigenvalue weighted by atomic mass is 10.1. The predicted octanol–water partition coefficient (Wildman–Crippen LogP) is 5.00. The Morgan fingerprint density at radius 1 is 0.848 bits per heavy atom. The van der Waals surface area contributed by atoms with Crippen LogP contribution in [0.2, 0.25) is 0 Å². The fourth-order valence-corrected chi connectivity index (χ4v) is 6.62. The molecule has 0 amide bonds. The summed E-state index contributed by atoms with van der Waals surface area (Å²) in [6, 6.07) is 18.2. The van der Waals surface area contributed by atoms with E-state index in [1.807, 2.05) is 0 Å². The van der Waals surface area contributed by atoms with Crippen molar-refractivity contribution in [3.8, 4) is 21.7 Å². The summed E-state index contributed by atoms with van der Waals surface area (Å²) in [5.41, 5.74) is 2.05. The minimum atomic E-state index is -3.88. The molecule has 0 aliphatic rings. The number of aromatic nitrogens is 1. The average molecular weight is 567 g/mol. The van der Waals surface area contributed by atoms with Gasteiger partial charge in [-0.05, 0) is 47.5 Å². The highest BCUT2D eigenvalue weighted by atomic mass is 79.9. The first-order valence-electron chi connectivity index (χ1n) is 9.40. The van der Waals surface area contributed by atoms with Crippen molar-refractivity contribution in [3.63, 3.8) is 0 Å². The summed E-state index contributed by atoms with van der Waals surface area (Å²) in [6.07, 6.45) is 0. The van der Waals surface area contributed by atoms with Gasteiger partial charge in [0.1, 0.15) is 5.82 Å². The molecule has 11 heteroatoms. The van der Waals surface area contributed by atoms with Crippen LogP contribution in [0.3, 0.4) is 0 Å². The van der Waals surface area contributed by atoms with E-state index in [4.69, 9.17) is 5.14 Å². The molecule has 170 valence electrons. The summed E-state index contributed by atoms with van der Waals surface area (Å²) >= 11 is 4.30. The van der Waals surface area contributed by atoms with Crippen LogP contribution in [0.25, 0.3) is 21.7 Å². The SMILES string of the molecule is NS(=O)(=O)c1ccc(-c2nc(S(=O)(=O)Cc3ccc(Br)cc3)sc2-c2ccc(F)cc2)cc1. The standard InChI is InChI=1S/C22H16BrFN2O4S3/c23-17-7-1-14(2-8-17)13-32(27,28)22-26-20(15-5-11-19(12-6-15)33(25,29)30)21(31-22)16-3-9-18(24)10-4-16/h1-12H,13H2,(H2,25,29,30). The second kappa shape index (κ2) is 9.07. The smallest absolute Gasteiger partial charge is 0.225 e. The average Bonchev–Trinajstić information content (AvgIpc) is 3.22. The lowest BCUT2D eigenvalue weighted by Gasteiger charge is -2.04. The number of rotatable bonds is 6. The van der Waals surface area contributed by atoms with E-state index < -0.39 is 25.7 Å². The summed E-state index contributed by atoms with van der Waals surface area (Å²) in [7, 11) is -7.66. The number of primary sulfonamides is 1. The van der Waals surface area contributed by atoms with Gasteiger partial charge in [-0.3, -0.25) is 0 Å². The van der Waals surface area contributed by atoms with Gasteiger partial charge in [0, 0.05) is 10.0 Å². The van der Waals surface area contributed by atoms with Crippen LogP contribution in [-0.4, -0.2) is 21.8 Å². The van der Waals surface area contributed by atoms with Crippen LogP contribution >= 0.6 is 27.3 Å². The van der Waals surface area contributed by atoms with E-state index >= 15 is 0 Å². The van der Waals surface area contributed by atoms with E-state index in [1.54, 1.807) is 24.3 Å². The molecule has 0 unspecified atom stereocenters. The largest absolute Gasteiger partial charge is 0.238 e. The molecule has 0 spiro atoms. The minimum absolute atomic E-state index is 0.0760. The number of halogens is 2. The van der Waals surface area contributed by atoms with Crippen molar-refractivity contribution in [1.82, 2.24) is 4.98 Å². The van der Waals surface area contributed by atoms with Crippen LogP contribution in [0.1, 0.15) is 5.56 Å². The van der Waals surface area contributed by atoms with Crippen LogP contribution in [0, 0.1) is 5.82 Å². The minimum Gasteiger partial charge on any atom is -0.225 e. The van der Waals surface area contributed by atoms with Crippen LogP contribution in [0.4, 0.5) is 4.39 Å². The first-order chi connectivity index (χ1) is 15.5. The number of thiazole rings is 1. The summed E-state index contributed by atoms with van der Waals surface area (Å²) in [4.78, 5) is 4.85. The zero-order chi connectivity index (χ0) is 23.8. The van der Waals surface area contributed by atoms with Crippen molar-refractivity contribution < 1.29 is 21.2 Å². The molecule has 0 atom stereocenters. The van der Waals surface area contributed by atoms with Crippen LogP contribution in [-0.2, 0) is 25.6 Å². The molecule has 0 aliphatic heterocycles. The molecule has 1 heterocycles. The second-order valence-corrected chi connectivity index (χ2v) is 12.8. The third kappa shape index (κ3) is 5.39. The quantitative estimate of drug-likeness (QED) is 0.353. The fraction of sp³-hybridized carbons (Fsp3) is 0.0455. The normalized spacial score (nSPS) is 12.1. The third-order valence-electron chi connectivity index (χ3n) is 4.71. The molecule has 0 fully saturated rings. The molecule has 0 bridgehead atoms. The molecule has 6 nitrogen and oxygen atoms in total. The van der Waals surface area contributed by atoms with E-state index in [2.05, 4.69) is 20.9 Å². The van der Waals surface area contributed by atoms with Gasteiger partial charge in [-0.1, -0.05) is 52.3 Å². The molecule has 0 radical (unpaired) electrons. The van der Waals surface area contributed by atoms with Gasteiger partial charge in [-0.25, -0.2) is 31.3 Å². The molecule has 4 rings (SSSR count). The Labute approximate surface area is 203 Å². The van der Waals surface area contributed by atoms with Crippen LogP contribution in [0.5, 0.6) is 0 Å². The highest BCUT2D eigenvalue weighted by molar-refractivity contribution is 9.10. The van der Waals surface area contributed by atoms with Crippen molar-refractivity contribution in [2.75, 3.05) is 0 Å². The van der Waals surface area contributed by atoms with Gasteiger partial charge in [-0.2, -0.15) is 0 Å². The van der Waals surface area contributed by atoms with Gasteiger partial charge in [0.25, 0.3) is 0 Å². The number of sulfonamides is 1. The van der Waals surface area contributed by atoms with Gasteiger partial charge in [0.05, 0.1) is 21.2 Å². The highest BCUT2D eigenvalue weighted by Crippen LogP contribution is 2.39. The third-order valence-corrected chi connectivity index (χ3v) is 9.41. The van der Waals surface area contributed by atoms with E-state index in [-0.39, 0.29) is 15.0 Å². The fourth-order valence-electron chi connectivity index (χ4n) is 3.09. The monoisotopic (exact) mass is 566 g/mol. The number of benzene rings is 3. The highest BCUT2D eigenvalue weighted by Gasteiger charge is 2.25. The van der Waals surface area contributed by atoms with Crippen LogP contribution < -0.4 is 5.14 Å². The topological polar surface area (TPSA) is 107 Å². The molecule has 0 saturated carbocycles. The molecule has 2 N–H and O–H groups in total. The lowest BCUT2D eigenvalue weighted by Crippen LogP contribution is -2.11. The molecule has 3 aromatic carbocycles. The molecule has 33 heavy (non-hydrogen) atoms. The number of sulfone groups is 1. The molecule has 1 aromatic heterocycles. The van der Waals surface area contributed by atoms with Crippen molar-refractivity contribution in [2.24, 2.45) is 5.14 Å². The molecule has 4 aromatic rings. The summed E-state index contributed by atoms with van der Waals surface area (Å²) in [5, 5.41) is 5.17. The summed E-state index contributed by atoms with van der Waals surface area (Å²) in [6.45, 7) is 0. The van der Waals surface area contributed by atoms with Gasteiger partial charge in [0.15, 0.2) is 0 Å². The number of hydrogen-bond donors (Lipinski definition) is 1. The van der Waals surface area contributed by atoms with Gasteiger partial charge >= 0.3 is 0 Å². The van der Waals surface area contributed by atoms with E-state index in [0.717, 1.165) is 15.8 Å². The number of nitrogens with zero attached hydrogens (tertiary/aromatic N) is 1.